The van der Waals surface area contributed by atoms with Crippen LogP contribution in [0.3, 0.4) is 0 Å². The fraction of sp³-hybridized carbons (Fsp3) is 0.611. The summed E-state index contributed by atoms with van der Waals surface area (Å²) in [6.07, 6.45) is 1.58. The van der Waals surface area contributed by atoms with Crippen molar-refractivity contribution < 1.29 is 26.4 Å². The molecule has 10 heteroatoms. The predicted molar refractivity (Wildman–Crippen MR) is 100 cm³/mol. The Kier molecular flexibility index (Phi) is 7.46. The van der Waals surface area contributed by atoms with Gasteiger partial charge in [0, 0.05) is 25.2 Å². The second kappa shape index (κ2) is 9.23. The number of sulfonamides is 1. The molecular formula is C18H26F3N3O3S. The lowest BCUT2D eigenvalue weighted by molar-refractivity contribution is -0.0448. The van der Waals surface area contributed by atoms with E-state index in [1.165, 1.54) is 0 Å². The van der Waals surface area contributed by atoms with Crippen molar-refractivity contribution in [3.8, 4) is 0 Å². The number of hydrogen-bond acceptors (Lipinski definition) is 4. The Bertz CT molecular complexity index is 769. The number of hydrogen-bond donors (Lipinski definition) is 2. The van der Waals surface area contributed by atoms with Crippen molar-refractivity contribution in [2.24, 2.45) is 5.92 Å². The normalized spacial score (nSPS) is 16.9. The van der Waals surface area contributed by atoms with Crippen LogP contribution in [0.15, 0.2) is 18.2 Å². The van der Waals surface area contributed by atoms with Crippen molar-refractivity contribution in [2.45, 2.75) is 32.2 Å². The van der Waals surface area contributed by atoms with E-state index in [1.807, 2.05) is 36.9 Å². The van der Waals surface area contributed by atoms with E-state index in [0.29, 0.717) is 25.2 Å². The third-order valence-electron chi connectivity index (χ3n) is 4.77. The van der Waals surface area contributed by atoms with Crippen LogP contribution >= 0.6 is 0 Å². The quantitative estimate of drug-likeness (QED) is 0.708. The van der Waals surface area contributed by atoms with Crippen molar-refractivity contribution >= 4 is 15.9 Å². The Morgan fingerprint density at radius 3 is 2.25 bits per heavy atom. The summed E-state index contributed by atoms with van der Waals surface area (Å²) in [6, 6.07) is 5.68. The highest BCUT2D eigenvalue weighted by Gasteiger charge is 2.45. The zero-order chi connectivity index (χ0) is 20.9. The summed E-state index contributed by atoms with van der Waals surface area (Å²) in [6.45, 7) is 5.66. The first-order chi connectivity index (χ1) is 13.0. The summed E-state index contributed by atoms with van der Waals surface area (Å²) in [4.78, 5) is 14.2. The van der Waals surface area contributed by atoms with Gasteiger partial charge in [0.1, 0.15) is 0 Å². The van der Waals surface area contributed by atoms with E-state index in [0.717, 1.165) is 24.0 Å². The SMILES string of the molecule is Cc1cc(C)cc(C(=O)NCC2CCN(CCNS(=O)(=O)C(F)(F)F)CC2)c1. The molecule has 0 bridgehead atoms. The van der Waals surface area contributed by atoms with Crippen molar-refractivity contribution in [1.29, 1.82) is 0 Å². The van der Waals surface area contributed by atoms with Gasteiger partial charge in [0.2, 0.25) is 0 Å². The largest absolute Gasteiger partial charge is 0.511 e. The first-order valence-corrected chi connectivity index (χ1v) is 10.6. The third-order valence-corrected chi connectivity index (χ3v) is 5.96. The van der Waals surface area contributed by atoms with Crippen molar-refractivity contribution in [3.63, 3.8) is 0 Å². The van der Waals surface area contributed by atoms with Gasteiger partial charge in [-0.25, -0.2) is 13.1 Å². The van der Waals surface area contributed by atoms with Gasteiger partial charge >= 0.3 is 15.5 Å². The molecule has 0 unspecified atom stereocenters. The van der Waals surface area contributed by atoms with Crippen LogP contribution in [-0.2, 0) is 10.0 Å². The van der Waals surface area contributed by atoms with E-state index >= 15 is 0 Å². The van der Waals surface area contributed by atoms with Crippen LogP contribution in [0.5, 0.6) is 0 Å². The highest BCUT2D eigenvalue weighted by atomic mass is 32.2. The van der Waals surface area contributed by atoms with Crippen molar-refractivity contribution in [3.05, 3.63) is 34.9 Å². The fourth-order valence-corrected chi connectivity index (χ4v) is 3.80. The minimum atomic E-state index is -5.28. The Hall–Kier alpha value is -1.65. The summed E-state index contributed by atoms with van der Waals surface area (Å²) >= 11 is 0. The molecule has 2 rings (SSSR count). The maximum absolute atomic E-state index is 12.3. The van der Waals surface area contributed by atoms with Gasteiger partial charge in [-0.15, -0.1) is 0 Å². The van der Waals surface area contributed by atoms with Gasteiger partial charge in [-0.1, -0.05) is 17.2 Å². The molecule has 0 radical (unpaired) electrons. The van der Waals surface area contributed by atoms with Crippen LogP contribution in [0.25, 0.3) is 0 Å². The molecule has 158 valence electrons. The highest BCUT2D eigenvalue weighted by molar-refractivity contribution is 7.90. The van der Waals surface area contributed by atoms with E-state index < -0.39 is 15.5 Å². The van der Waals surface area contributed by atoms with Crippen LogP contribution in [0, 0.1) is 19.8 Å². The summed E-state index contributed by atoms with van der Waals surface area (Å²) in [7, 11) is -5.28. The number of nitrogens with zero attached hydrogens (tertiary/aromatic N) is 1. The fourth-order valence-electron chi connectivity index (χ4n) is 3.28. The zero-order valence-corrected chi connectivity index (χ0v) is 16.8. The summed E-state index contributed by atoms with van der Waals surface area (Å²) in [5, 5.41) is 2.94. The number of halogens is 3. The number of amides is 1. The van der Waals surface area contributed by atoms with E-state index in [9.17, 15) is 26.4 Å². The van der Waals surface area contributed by atoms with Gasteiger partial charge in [-0.05, 0) is 57.8 Å². The van der Waals surface area contributed by atoms with E-state index in [4.69, 9.17) is 0 Å². The molecule has 0 atom stereocenters. The number of rotatable bonds is 7. The molecule has 0 aromatic heterocycles. The number of benzene rings is 1. The second-order valence-corrected chi connectivity index (χ2v) is 8.97. The Morgan fingerprint density at radius 1 is 1.14 bits per heavy atom. The molecule has 0 saturated carbocycles. The Morgan fingerprint density at radius 2 is 1.71 bits per heavy atom. The number of piperidine rings is 1. The molecule has 1 fully saturated rings. The van der Waals surface area contributed by atoms with Crippen molar-refractivity contribution in [2.75, 3.05) is 32.7 Å². The molecule has 1 saturated heterocycles. The molecule has 1 aromatic carbocycles. The smallest absolute Gasteiger partial charge is 0.352 e. The maximum Gasteiger partial charge on any atom is 0.511 e. The molecule has 1 aromatic rings. The molecule has 1 amide bonds. The second-order valence-electron chi connectivity index (χ2n) is 7.21. The summed E-state index contributed by atoms with van der Waals surface area (Å²) in [5.74, 6) is 0.175. The minimum Gasteiger partial charge on any atom is -0.352 e. The zero-order valence-electron chi connectivity index (χ0n) is 16.0. The highest BCUT2D eigenvalue weighted by Crippen LogP contribution is 2.21. The van der Waals surface area contributed by atoms with Crippen LogP contribution in [-0.4, -0.2) is 57.5 Å². The molecule has 2 N–H and O–H groups in total. The lowest BCUT2D eigenvalue weighted by atomic mass is 9.96. The molecule has 1 aliphatic heterocycles. The molecular weight excluding hydrogens is 395 g/mol. The maximum atomic E-state index is 12.3. The number of alkyl halides is 3. The average molecular weight is 421 g/mol. The van der Waals surface area contributed by atoms with Gasteiger partial charge in [-0.3, -0.25) is 4.79 Å². The van der Waals surface area contributed by atoms with Crippen LogP contribution in [0.4, 0.5) is 13.2 Å². The first-order valence-electron chi connectivity index (χ1n) is 9.13. The molecule has 0 aliphatic carbocycles. The Balaban J connectivity index is 1.70. The van der Waals surface area contributed by atoms with Gasteiger partial charge in [0.15, 0.2) is 0 Å². The van der Waals surface area contributed by atoms with E-state index in [1.54, 1.807) is 4.72 Å². The lowest BCUT2D eigenvalue weighted by Crippen LogP contribution is -2.44. The standard InChI is InChI=1S/C18H26F3N3O3S/c1-13-9-14(2)11-16(10-13)17(25)22-12-15-3-6-24(7-4-15)8-5-23-28(26,27)18(19,20)21/h9-11,15,23H,3-8,12H2,1-2H3,(H,22,25). The van der Waals surface area contributed by atoms with Crippen LogP contribution in [0.2, 0.25) is 0 Å². The third kappa shape index (κ3) is 6.46. The van der Waals surface area contributed by atoms with E-state index in [2.05, 4.69) is 5.32 Å². The number of carbonyl (C=O) groups is 1. The topological polar surface area (TPSA) is 78.5 Å². The van der Waals surface area contributed by atoms with Gasteiger partial charge in [-0.2, -0.15) is 13.2 Å². The van der Waals surface area contributed by atoms with Gasteiger partial charge in [0.05, 0.1) is 0 Å². The van der Waals surface area contributed by atoms with Crippen molar-refractivity contribution in [1.82, 2.24) is 14.9 Å². The predicted octanol–water partition coefficient (Wildman–Crippen LogP) is 2.18. The minimum absolute atomic E-state index is 0.115. The van der Waals surface area contributed by atoms with Crippen LogP contribution in [0.1, 0.15) is 34.3 Å². The molecule has 6 nitrogen and oxygen atoms in total. The summed E-state index contributed by atoms with van der Waals surface area (Å²) in [5.41, 5.74) is -2.60. The first kappa shape index (κ1) is 22.6. The van der Waals surface area contributed by atoms with Gasteiger partial charge in [0.25, 0.3) is 5.91 Å². The number of likely N-dealkylation sites (tertiary alicyclic amines) is 1. The molecule has 1 aliphatic rings. The number of aryl methyl sites for hydroxylation is 2. The Labute approximate surface area is 163 Å². The van der Waals surface area contributed by atoms with E-state index in [-0.39, 0.29) is 24.9 Å². The molecule has 0 spiro atoms. The monoisotopic (exact) mass is 421 g/mol. The summed E-state index contributed by atoms with van der Waals surface area (Å²) < 4.78 is 60.3. The number of carbonyl (C=O) groups excluding carboxylic acids is 1. The van der Waals surface area contributed by atoms with Gasteiger partial charge < -0.3 is 10.2 Å². The lowest BCUT2D eigenvalue weighted by Gasteiger charge is -2.32. The number of nitrogens with one attached hydrogen (secondary N) is 2. The molecule has 28 heavy (non-hydrogen) atoms. The molecule has 1 heterocycles. The van der Waals surface area contributed by atoms with Crippen LogP contribution < -0.4 is 10.0 Å². The average Bonchev–Trinajstić information content (AvgIpc) is 2.59.